The lowest BCUT2D eigenvalue weighted by Crippen LogP contribution is -1.72. The average Bonchev–Trinajstić information content (AvgIpc) is 1.87. The first-order chi connectivity index (χ1) is 4.57. The number of hydrogen-bond donors (Lipinski definition) is 0. The van der Waals surface area contributed by atoms with Crippen molar-refractivity contribution < 1.29 is 13.2 Å². The van der Waals surface area contributed by atoms with Crippen LogP contribution in [-0.2, 0) is 0 Å². The Morgan fingerprint density at radius 2 is 1.80 bits per heavy atom. The Balaban J connectivity index is 4.31. The van der Waals surface area contributed by atoms with Gasteiger partial charge in [-0.3, -0.25) is 0 Å². The normalized spacial score (nSPS) is 13.6. The van der Waals surface area contributed by atoms with Crippen molar-refractivity contribution in [2.75, 3.05) is 0 Å². The molecule has 0 aromatic rings. The van der Waals surface area contributed by atoms with Crippen molar-refractivity contribution in [2.24, 2.45) is 0 Å². The smallest absolute Gasteiger partial charge is 0.161 e. The fourth-order valence-corrected chi connectivity index (χ4v) is 0.283. The molecule has 0 spiro atoms. The van der Waals surface area contributed by atoms with Gasteiger partial charge >= 0.3 is 0 Å². The summed E-state index contributed by atoms with van der Waals surface area (Å²) in [6, 6.07) is 0. The summed E-state index contributed by atoms with van der Waals surface area (Å²) < 4.78 is 35.9. The van der Waals surface area contributed by atoms with Crippen molar-refractivity contribution in [2.45, 2.75) is 6.92 Å². The molecule has 3 heteroatoms. The summed E-state index contributed by atoms with van der Waals surface area (Å²) in [5.74, 6) is -3.37. The molecule has 0 aromatic carbocycles. The Labute approximate surface area is 57.4 Å². The predicted octanol–water partition coefficient (Wildman–Crippen LogP) is 3.20. The molecule has 0 nitrogen and oxygen atoms in total. The van der Waals surface area contributed by atoms with E-state index in [1.165, 1.54) is 6.92 Å². The van der Waals surface area contributed by atoms with Crippen molar-refractivity contribution in [1.29, 1.82) is 0 Å². The zero-order valence-corrected chi connectivity index (χ0v) is 5.50. The summed E-state index contributed by atoms with van der Waals surface area (Å²) in [6.07, 6.45) is 1.45. The lowest BCUT2D eigenvalue weighted by Gasteiger charge is -1.87. The van der Waals surface area contributed by atoms with Crippen LogP contribution < -0.4 is 0 Å². The van der Waals surface area contributed by atoms with E-state index in [-0.39, 0.29) is 0 Å². The fraction of sp³-hybridized carbons (Fsp3) is 0.143. The molecular weight excluding hydrogens is 141 g/mol. The van der Waals surface area contributed by atoms with Crippen molar-refractivity contribution in [3.05, 3.63) is 36.2 Å². The van der Waals surface area contributed by atoms with Crippen molar-refractivity contribution in [3.63, 3.8) is 0 Å². The molecule has 56 valence electrons. The first-order valence-electron chi connectivity index (χ1n) is 2.61. The molecule has 10 heavy (non-hydrogen) atoms. The number of allylic oxidation sites excluding steroid dienone is 5. The van der Waals surface area contributed by atoms with Gasteiger partial charge < -0.3 is 0 Å². The van der Waals surface area contributed by atoms with Gasteiger partial charge in [0, 0.05) is 6.08 Å². The van der Waals surface area contributed by atoms with Crippen LogP contribution in [0.4, 0.5) is 13.2 Å². The number of rotatable bonds is 2. The second-order valence-corrected chi connectivity index (χ2v) is 1.57. The molecule has 0 atom stereocenters. The highest BCUT2D eigenvalue weighted by Crippen LogP contribution is 2.13. The molecular formula is C7H7F3. The van der Waals surface area contributed by atoms with Gasteiger partial charge in [0.15, 0.2) is 11.7 Å². The molecule has 0 aliphatic rings. The van der Waals surface area contributed by atoms with E-state index in [1.54, 1.807) is 0 Å². The summed E-state index contributed by atoms with van der Waals surface area (Å²) >= 11 is 0. The van der Waals surface area contributed by atoms with E-state index in [1.807, 2.05) is 0 Å². The summed E-state index contributed by atoms with van der Waals surface area (Å²) in [5.41, 5.74) is 0. The van der Waals surface area contributed by atoms with Crippen molar-refractivity contribution in [1.82, 2.24) is 0 Å². The summed E-state index contributed by atoms with van der Waals surface area (Å²) in [7, 11) is 0. The van der Waals surface area contributed by atoms with E-state index in [0.29, 0.717) is 6.08 Å². The van der Waals surface area contributed by atoms with Crippen LogP contribution in [0.3, 0.4) is 0 Å². The third kappa shape index (κ3) is 3.12. The molecule has 0 saturated heterocycles. The molecule has 0 aliphatic heterocycles. The maximum absolute atomic E-state index is 12.1. The Bertz CT molecular complexity index is 189. The van der Waals surface area contributed by atoms with Gasteiger partial charge in [0.25, 0.3) is 0 Å². The quantitative estimate of drug-likeness (QED) is 0.527. The highest BCUT2D eigenvalue weighted by atomic mass is 19.2. The summed E-state index contributed by atoms with van der Waals surface area (Å²) in [6.45, 7) is 4.01. The minimum Gasteiger partial charge on any atom is -0.207 e. The van der Waals surface area contributed by atoms with Crippen LogP contribution in [0, 0.1) is 0 Å². The number of hydrogen-bond acceptors (Lipinski definition) is 0. The van der Waals surface area contributed by atoms with Crippen LogP contribution in [0.15, 0.2) is 36.2 Å². The molecule has 0 aliphatic carbocycles. The zero-order chi connectivity index (χ0) is 8.15. The summed E-state index contributed by atoms with van der Waals surface area (Å²) in [4.78, 5) is 0. The summed E-state index contributed by atoms with van der Waals surface area (Å²) in [5, 5.41) is 0. The van der Waals surface area contributed by atoms with Gasteiger partial charge in [0.05, 0.1) is 0 Å². The predicted molar refractivity (Wildman–Crippen MR) is 34.3 cm³/mol. The van der Waals surface area contributed by atoms with Gasteiger partial charge in [-0.2, -0.15) is 0 Å². The van der Waals surface area contributed by atoms with E-state index in [9.17, 15) is 13.2 Å². The largest absolute Gasteiger partial charge is 0.207 e. The molecule has 0 fully saturated rings. The number of halogens is 3. The first-order valence-corrected chi connectivity index (χ1v) is 2.61. The lowest BCUT2D eigenvalue weighted by molar-refractivity contribution is 0.541. The molecule has 0 heterocycles. The van der Waals surface area contributed by atoms with Gasteiger partial charge in [-0.1, -0.05) is 12.7 Å². The average molecular weight is 148 g/mol. The molecule has 0 bridgehead atoms. The molecule has 0 rings (SSSR count). The Kier molecular flexibility index (Phi) is 3.54. The van der Waals surface area contributed by atoms with Crippen LogP contribution in [-0.4, -0.2) is 0 Å². The molecule has 0 unspecified atom stereocenters. The van der Waals surface area contributed by atoms with Crippen LogP contribution >= 0.6 is 0 Å². The van der Waals surface area contributed by atoms with Crippen LogP contribution in [0.2, 0.25) is 0 Å². The minimum absolute atomic E-state index is 0.433. The van der Waals surface area contributed by atoms with E-state index in [2.05, 4.69) is 6.58 Å². The maximum Gasteiger partial charge on any atom is 0.161 e. The monoisotopic (exact) mass is 148 g/mol. The molecule has 0 amide bonds. The Morgan fingerprint density at radius 3 is 2.10 bits per heavy atom. The van der Waals surface area contributed by atoms with E-state index >= 15 is 0 Å². The van der Waals surface area contributed by atoms with Gasteiger partial charge in [0.1, 0.15) is 5.83 Å². The van der Waals surface area contributed by atoms with Crippen molar-refractivity contribution in [3.8, 4) is 0 Å². The topological polar surface area (TPSA) is 0 Å². The van der Waals surface area contributed by atoms with E-state index < -0.39 is 17.5 Å². The standard InChI is InChI=1S/C7H7F3/c1-3-6(9)4-7(10)5(2)8/h3-4H,2H2,1H3/b6-3+,7-4+. The first kappa shape index (κ1) is 9.01. The fourth-order valence-electron chi connectivity index (χ4n) is 0.283. The Hall–Kier alpha value is -0.990. The molecule has 0 saturated carbocycles. The third-order valence-corrected chi connectivity index (χ3v) is 0.800. The SMILES string of the molecule is C=C(F)/C(F)=C\C(F)=C/C. The third-order valence-electron chi connectivity index (χ3n) is 0.800. The van der Waals surface area contributed by atoms with Crippen LogP contribution in [0.25, 0.3) is 0 Å². The van der Waals surface area contributed by atoms with E-state index in [4.69, 9.17) is 0 Å². The highest BCUT2D eigenvalue weighted by Gasteiger charge is 1.99. The van der Waals surface area contributed by atoms with Gasteiger partial charge in [0.2, 0.25) is 0 Å². The van der Waals surface area contributed by atoms with Gasteiger partial charge in [-0.25, -0.2) is 13.2 Å². The highest BCUT2D eigenvalue weighted by molar-refractivity contribution is 5.23. The van der Waals surface area contributed by atoms with Crippen molar-refractivity contribution >= 4 is 0 Å². The van der Waals surface area contributed by atoms with Gasteiger partial charge in [-0.05, 0) is 6.92 Å². The minimum atomic E-state index is -1.28. The van der Waals surface area contributed by atoms with Crippen LogP contribution in [0.5, 0.6) is 0 Å². The van der Waals surface area contributed by atoms with Gasteiger partial charge in [-0.15, -0.1) is 0 Å². The zero-order valence-electron chi connectivity index (χ0n) is 5.50. The second-order valence-electron chi connectivity index (χ2n) is 1.57. The second kappa shape index (κ2) is 3.93. The lowest BCUT2D eigenvalue weighted by atomic mass is 10.4. The Morgan fingerprint density at radius 1 is 1.30 bits per heavy atom. The molecule has 0 radical (unpaired) electrons. The maximum atomic E-state index is 12.1. The van der Waals surface area contributed by atoms with Crippen LogP contribution in [0.1, 0.15) is 6.92 Å². The molecule has 0 N–H and O–H groups in total. The molecule has 0 aromatic heterocycles. The van der Waals surface area contributed by atoms with E-state index in [0.717, 1.165) is 6.08 Å².